The number of nitriles is 1. The average Bonchev–Trinajstić information content (AvgIpc) is 2.95. The summed E-state index contributed by atoms with van der Waals surface area (Å²) in [5.41, 5.74) is 2.48. The van der Waals surface area contributed by atoms with Crippen LogP contribution in [0.1, 0.15) is 28.4 Å². The molecule has 0 fully saturated rings. The van der Waals surface area contributed by atoms with Gasteiger partial charge in [0.2, 0.25) is 10.0 Å². The van der Waals surface area contributed by atoms with Crippen molar-refractivity contribution in [3.63, 3.8) is 0 Å². The summed E-state index contributed by atoms with van der Waals surface area (Å²) in [6, 6.07) is 13.4. The first-order chi connectivity index (χ1) is 12.3. The maximum Gasteiger partial charge on any atom is 0.232 e. The molecule has 2 aromatic rings. The van der Waals surface area contributed by atoms with Gasteiger partial charge in [0.1, 0.15) is 5.75 Å². The maximum atomic E-state index is 12.4. The Bertz CT molecular complexity index is 991. The number of carbonyl (C=O) groups is 1. The van der Waals surface area contributed by atoms with Gasteiger partial charge in [0.25, 0.3) is 0 Å². The highest BCUT2D eigenvalue weighted by molar-refractivity contribution is 7.92. The van der Waals surface area contributed by atoms with Gasteiger partial charge in [-0.05, 0) is 61.4 Å². The Morgan fingerprint density at radius 3 is 2.58 bits per heavy atom. The van der Waals surface area contributed by atoms with Gasteiger partial charge in [-0.15, -0.1) is 0 Å². The second-order valence-electron chi connectivity index (χ2n) is 6.30. The third-order valence-electron chi connectivity index (χ3n) is 4.27. The van der Waals surface area contributed by atoms with Gasteiger partial charge in [-0.3, -0.25) is 9.10 Å². The van der Waals surface area contributed by atoms with Crippen molar-refractivity contribution in [1.82, 2.24) is 0 Å². The van der Waals surface area contributed by atoms with Crippen LogP contribution in [0, 0.1) is 11.3 Å². The molecule has 7 heteroatoms. The number of ether oxygens (including phenoxy) is 1. The van der Waals surface area contributed by atoms with E-state index in [-0.39, 0.29) is 18.4 Å². The number of benzene rings is 2. The molecule has 0 N–H and O–H groups in total. The Hall–Kier alpha value is -2.85. The van der Waals surface area contributed by atoms with Crippen molar-refractivity contribution in [2.45, 2.75) is 19.4 Å². The fourth-order valence-corrected chi connectivity index (χ4v) is 4.40. The van der Waals surface area contributed by atoms with Crippen molar-refractivity contribution >= 4 is 21.5 Å². The first kappa shape index (κ1) is 18.0. The van der Waals surface area contributed by atoms with Crippen LogP contribution >= 0.6 is 0 Å². The van der Waals surface area contributed by atoms with Gasteiger partial charge >= 0.3 is 0 Å². The summed E-state index contributed by atoms with van der Waals surface area (Å²) in [7, 11) is -3.35. The zero-order valence-corrected chi connectivity index (χ0v) is 15.3. The summed E-state index contributed by atoms with van der Waals surface area (Å²) >= 11 is 0. The highest BCUT2D eigenvalue weighted by atomic mass is 32.2. The lowest BCUT2D eigenvalue weighted by Gasteiger charge is -2.21. The second-order valence-corrected chi connectivity index (χ2v) is 8.16. The molecule has 0 unspecified atom stereocenters. The van der Waals surface area contributed by atoms with E-state index in [9.17, 15) is 13.2 Å². The molecular formula is C19H18N2O4S. The Labute approximate surface area is 152 Å². The molecule has 0 amide bonds. The summed E-state index contributed by atoms with van der Waals surface area (Å²) in [5.74, 6) is 0.318. The first-order valence-corrected chi connectivity index (χ1v) is 9.93. The van der Waals surface area contributed by atoms with E-state index in [4.69, 9.17) is 10.00 Å². The standard InChI is InChI=1S/C19H18N2O4S/c1-13-9-16-10-15(5-8-18(16)21(13)26(2,23)24)19(22)12-25-17-6-3-14(11-20)4-7-17/h3-8,10,13H,9,12H2,1-2H3/t13-/m1/s1. The van der Waals surface area contributed by atoms with Crippen LogP contribution in [-0.4, -0.2) is 33.1 Å². The topological polar surface area (TPSA) is 87.5 Å². The van der Waals surface area contributed by atoms with E-state index in [1.807, 2.05) is 13.0 Å². The molecule has 0 radical (unpaired) electrons. The van der Waals surface area contributed by atoms with Crippen LogP contribution < -0.4 is 9.04 Å². The van der Waals surface area contributed by atoms with Gasteiger partial charge in [-0.2, -0.15) is 5.26 Å². The SMILES string of the molecule is C[C@@H]1Cc2cc(C(=O)COc3ccc(C#N)cc3)ccc2N1S(C)(=O)=O. The van der Waals surface area contributed by atoms with E-state index < -0.39 is 10.0 Å². The predicted molar refractivity (Wildman–Crippen MR) is 97.9 cm³/mol. The number of ketones is 1. The number of hydrogen-bond donors (Lipinski definition) is 0. The van der Waals surface area contributed by atoms with E-state index in [2.05, 4.69) is 0 Å². The van der Waals surface area contributed by atoms with E-state index in [1.54, 1.807) is 42.5 Å². The summed E-state index contributed by atoms with van der Waals surface area (Å²) in [6.07, 6.45) is 1.75. The number of anilines is 1. The normalized spacial score (nSPS) is 16.0. The molecule has 1 aliphatic heterocycles. The summed E-state index contributed by atoms with van der Waals surface area (Å²) in [5, 5.41) is 8.77. The lowest BCUT2D eigenvalue weighted by Crippen LogP contribution is -2.34. The maximum absolute atomic E-state index is 12.4. The quantitative estimate of drug-likeness (QED) is 0.755. The molecule has 26 heavy (non-hydrogen) atoms. The predicted octanol–water partition coefficient (Wildman–Crippen LogP) is 2.53. The minimum Gasteiger partial charge on any atom is -0.485 e. The molecule has 3 rings (SSSR count). The highest BCUT2D eigenvalue weighted by Gasteiger charge is 2.32. The van der Waals surface area contributed by atoms with Crippen LogP contribution in [0.5, 0.6) is 5.75 Å². The van der Waals surface area contributed by atoms with Crippen molar-refractivity contribution in [2.75, 3.05) is 17.2 Å². The van der Waals surface area contributed by atoms with Crippen molar-refractivity contribution in [1.29, 1.82) is 5.26 Å². The molecule has 134 valence electrons. The summed E-state index contributed by atoms with van der Waals surface area (Å²) < 4.78 is 30.8. The van der Waals surface area contributed by atoms with E-state index >= 15 is 0 Å². The largest absolute Gasteiger partial charge is 0.485 e. The summed E-state index contributed by atoms with van der Waals surface area (Å²) in [4.78, 5) is 12.4. The fraction of sp³-hybridized carbons (Fsp3) is 0.263. The lowest BCUT2D eigenvalue weighted by atomic mass is 10.0. The number of sulfonamides is 1. The molecular weight excluding hydrogens is 352 g/mol. The van der Waals surface area contributed by atoms with Crippen LogP contribution in [0.25, 0.3) is 0 Å². The lowest BCUT2D eigenvalue weighted by molar-refractivity contribution is 0.0921. The van der Waals surface area contributed by atoms with Gasteiger partial charge in [0.05, 0.1) is 23.6 Å². The minimum atomic E-state index is -3.35. The molecule has 0 saturated heterocycles. The van der Waals surface area contributed by atoms with Crippen molar-refractivity contribution < 1.29 is 17.9 Å². The number of fused-ring (bicyclic) bond motifs is 1. The molecule has 6 nitrogen and oxygen atoms in total. The van der Waals surface area contributed by atoms with Crippen molar-refractivity contribution in [2.24, 2.45) is 0 Å². The van der Waals surface area contributed by atoms with Crippen molar-refractivity contribution in [3.8, 4) is 11.8 Å². The number of hydrogen-bond acceptors (Lipinski definition) is 5. The number of Topliss-reactive ketones (excluding diaryl/α,β-unsaturated/α-hetero) is 1. The molecule has 0 aliphatic carbocycles. The Kier molecular flexibility index (Phi) is 4.70. The van der Waals surface area contributed by atoms with Gasteiger partial charge in [-0.25, -0.2) is 8.42 Å². The highest BCUT2D eigenvalue weighted by Crippen LogP contribution is 2.34. The minimum absolute atomic E-state index is 0.129. The van der Waals surface area contributed by atoms with Gasteiger partial charge in [0, 0.05) is 11.6 Å². The second kappa shape index (κ2) is 6.81. The van der Waals surface area contributed by atoms with Crippen LogP contribution in [0.4, 0.5) is 5.69 Å². The van der Waals surface area contributed by atoms with Gasteiger partial charge in [-0.1, -0.05) is 0 Å². The number of carbonyl (C=O) groups excluding carboxylic acids is 1. The molecule has 0 saturated carbocycles. The monoisotopic (exact) mass is 370 g/mol. The van der Waals surface area contributed by atoms with Crippen LogP contribution in [0.3, 0.4) is 0 Å². The Morgan fingerprint density at radius 1 is 1.27 bits per heavy atom. The number of rotatable bonds is 5. The van der Waals surface area contributed by atoms with E-state index in [0.29, 0.717) is 29.0 Å². The Morgan fingerprint density at radius 2 is 1.96 bits per heavy atom. The van der Waals surface area contributed by atoms with Gasteiger partial charge < -0.3 is 4.74 Å². The molecule has 1 aliphatic rings. The molecule has 1 heterocycles. The molecule has 0 aromatic heterocycles. The first-order valence-electron chi connectivity index (χ1n) is 8.08. The van der Waals surface area contributed by atoms with Crippen molar-refractivity contribution in [3.05, 3.63) is 59.2 Å². The Balaban J connectivity index is 1.73. The van der Waals surface area contributed by atoms with Crippen LogP contribution in [0.2, 0.25) is 0 Å². The summed E-state index contributed by atoms with van der Waals surface area (Å²) in [6.45, 7) is 1.71. The third-order valence-corrected chi connectivity index (χ3v) is 5.54. The third kappa shape index (κ3) is 3.55. The zero-order chi connectivity index (χ0) is 18.9. The fourth-order valence-electron chi connectivity index (χ4n) is 3.14. The number of nitrogens with zero attached hydrogens (tertiary/aromatic N) is 2. The molecule has 0 bridgehead atoms. The van der Waals surface area contributed by atoms with Crippen LogP contribution in [0.15, 0.2) is 42.5 Å². The van der Waals surface area contributed by atoms with Crippen LogP contribution in [-0.2, 0) is 16.4 Å². The van der Waals surface area contributed by atoms with E-state index in [0.717, 1.165) is 5.56 Å². The molecule has 2 aromatic carbocycles. The zero-order valence-electron chi connectivity index (χ0n) is 14.5. The molecule has 1 atom stereocenters. The van der Waals surface area contributed by atoms with Gasteiger partial charge in [0.15, 0.2) is 12.4 Å². The van der Waals surface area contributed by atoms with E-state index in [1.165, 1.54) is 10.6 Å². The average molecular weight is 370 g/mol. The molecule has 0 spiro atoms. The smallest absolute Gasteiger partial charge is 0.232 e.